The van der Waals surface area contributed by atoms with Crippen molar-refractivity contribution >= 4 is 5.97 Å². The lowest BCUT2D eigenvalue weighted by molar-refractivity contribution is -0.137. The minimum absolute atomic E-state index is 0.0721. The number of esters is 1. The molecule has 2 aliphatic heterocycles. The molecule has 1 fully saturated rings. The number of ether oxygens (including phenoxy) is 3. The summed E-state index contributed by atoms with van der Waals surface area (Å²) >= 11 is 0. The standard InChI is InChI=1S/C13H14O4/c1-15-13(14)10-4-2-3-9-8-5-6-16-11(8)7-17-12(9)10/h2-4,11-12H,5-7H2,1H3. The van der Waals surface area contributed by atoms with Gasteiger partial charge < -0.3 is 14.2 Å². The van der Waals surface area contributed by atoms with Crippen LogP contribution in [0.25, 0.3) is 0 Å². The van der Waals surface area contributed by atoms with Gasteiger partial charge in [0.25, 0.3) is 0 Å². The van der Waals surface area contributed by atoms with Crippen molar-refractivity contribution in [1.29, 1.82) is 0 Å². The first-order chi connectivity index (χ1) is 8.31. The van der Waals surface area contributed by atoms with E-state index in [4.69, 9.17) is 14.2 Å². The second kappa shape index (κ2) is 4.13. The average molecular weight is 234 g/mol. The molecule has 90 valence electrons. The van der Waals surface area contributed by atoms with Crippen LogP contribution in [0.2, 0.25) is 0 Å². The summed E-state index contributed by atoms with van der Waals surface area (Å²) in [5.74, 6) is -0.324. The molecule has 4 nitrogen and oxygen atoms in total. The molecule has 0 radical (unpaired) electrons. The molecule has 1 aliphatic carbocycles. The molecule has 4 heteroatoms. The molecule has 1 saturated heterocycles. The van der Waals surface area contributed by atoms with E-state index in [1.54, 1.807) is 6.08 Å². The third-order valence-electron chi connectivity index (χ3n) is 3.40. The van der Waals surface area contributed by atoms with E-state index in [2.05, 4.69) is 0 Å². The summed E-state index contributed by atoms with van der Waals surface area (Å²) < 4.78 is 16.1. The monoisotopic (exact) mass is 234 g/mol. The second-order valence-electron chi connectivity index (χ2n) is 4.28. The van der Waals surface area contributed by atoms with Crippen LogP contribution in [-0.4, -0.2) is 38.5 Å². The van der Waals surface area contributed by atoms with Gasteiger partial charge in [-0.05, 0) is 23.6 Å². The summed E-state index contributed by atoms with van der Waals surface area (Å²) in [6, 6.07) is 0. The molecule has 0 spiro atoms. The van der Waals surface area contributed by atoms with Gasteiger partial charge in [0.05, 0.1) is 25.9 Å². The molecule has 2 unspecified atom stereocenters. The summed E-state index contributed by atoms with van der Waals surface area (Å²) in [6.45, 7) is 1.26. The van der Waals surface area contributed by atoms with Gasteiger partial charge in [-0.15, -0.1) is 0 Å². The van der Waals surface area contributed by atoms with Crippen molar-refractivity contribution in [2.24, 2.45) is 0 Å². The Morgan fingerprint density at radius 2 is 2.35 bits per heavy atom. The largest absolute Gasteiger partial charge is 0.466 e. The van der Waals surface area contributed by atoms with Crippen molar-refractivity contribution in [2.75, 3.05) is 20.3 Å². The van der Waals surface area contributed by atoms with Crippen LogP contribution in [-0.2, 0) is 19.0 Å². The highest BCUT2D eigenvalue weighted by Gasteiger charge is 2.37. The van der Waals surface area contributed by atoms with Crippen LogP contribution in [0.1, 0.15) is 6.42 Å². The van der Waals surface area contributed by atoms with E-state index >= 15 is 0 Å². The van der Waals surface area contributed by atoms with Crippen molar-refractivity contribution in [3.63, 3.8) is 0 Å². The van der Waals surface area contributed by atoms with E-state index in [9.17, 15) is 4.79 Å². The number of methoxy groups -OCH3 is 1. The summed E-state index contributed by atoms with van der Waals surface area (Å²) in [7, 11) is 1.39. The predicted molar refractivity (Wildman–Crippen MR) is 60.4 cm³/mol. The minimum Gasteiger partial charge on any atom is -0.466 e. The van der Waals surface area contributed by atoms with Crippen molar-refractivity contribution in [1.82, 2.24) is 0 Å². The summed E-state index contributed by atoms with van der Waals surface area (Å²) in [5.41, 5.74) is 2.91. The Morgan fingerprint density at radius 3 is 3.18 bits per heavy atom. The van der Waals surface area contributed by atoms with Crippen LogP contribution in [0.5, 0.6) is 0 Å². The number of allylic oxidation sites excluding steroid dienone is 2. The molecule has 0 aromatic rings. The summed E-state index contributed by atoms with van der Waals surface area (Å²) in [4.78, 5) is 11.7. The highest BCUT2D eigenvalue weighted by Crippen LogP contribution is 2.36. The van der Waals surface area contributed by atoms with E-state index in [0.717, 1.165) is 18.6 Å². The topological polar surface area (TPSA) is 44.8 Å². The van der Waals surface area contributed by atoms with Gasteiger partial charge in [-0.2, -0.15) is 0 Å². The molecule has 3 aliphatic rings. The van der Waals surface area contributed by atoms with Crippen molar-refractivity contribution < 1.29 is 19.0 Å². The second-order valence-corrected chi connectivity index (χ2v) is 4.28. The van der Waals surface area contributed by atoms with E-state index in [1.165, 1.54) is 12.7 Å². The van der Waals surface area contributed by atoms with Crippen LogP contribution in [0.4, 0.5) is 0 Å². The number of carbonyl (C=O) groups excluding carboxylic acids is 1. The van der Waals surface area contributed by atoms with Gasteiger partial charge in [0, 0.05) is 0 Å². The van der Waals surface area contributed by atoms with Gasteiger partial charge in [-0.3, -0.25) is 0 Å². The lowest BCUT2D eigenvalue weighted by Gasteiger charge is -2.31. The molecular formula is C13H14O4. The van der Waals surface area contributed by atoms with Crippen LogP contribution in [0.15, 0.2) is 34.9 Å². The molecule has 17 heavy (non-hydrogen) atoms. The fraction of sp³-hybridized carbons (Fsp3) is 0.462. The summed E-state index contributed by atoms with van der Waals surface area (Å²) in [6.07, 6.45) is 6.36. The Balaban J connectivity index is 1.99. The van der Waals surface area contributed by atoms with Crippen molar-refractivity contribution in [2.45, 2.75) is 18.6 Å². The molecule has 0 aromatic carbocycles. The Labute approximate surface area is 99.5 Å². The SMILES string of the molecule is COC(=O)C1=CC=CC2=C3CCOC3COC12. The zero-order valence-corrected chi connectivity index (χ0v) is 9.64. The predicted octanol–water partition coefficient (Wildman–Crippen LogP) is 1.14. The highest BCUT2D eigenvalue weighted by atomic mass is 16.5. The van der Waals surface area contributed by atoms with Crippen molar-refractivity contribution in [3.8, 4) is 0 Å². The molecule has 0 N–H and O–H groups in total. The molecule has 0 saturated carbocycles. The third kappa shape index (κ3) is 1.64. The first-order valence-corrected chi connectivity index (χ1v) is 5.74. The number of rotatable bonds is 1. The maximum absolute atomic E-state index is 11.7. The van der Waals surface area contributed by atoms with Gasteiger partial charge in [-0.1, -0.05) is 12.2 Å². The maximum atomic E-state index is 11.7. The smallest absolute Gasteiger partial charge is 0.336 e. The Morgan fingerprint density at radius 1 is 1.47 bits per heavy atom. The lowest BCUT2D eigenvalue weighted by atomic mass is 9.88. The lowest BCUT2D eigenvalue weighted by Crippen LogP contribution is -2.35. The first kappa shape index (κ1) is 10.7. The molecule has 2 heterocycles. The van der Waals surface area contributed by atoms with Gasteiger partial charge in [-0.25, -0.2) is 4.79 Å². The van der Waals surface area contributed by atoms with Crippen molar-refractivity contribution in [3.05, 3.63) is 34.9 Å². The van der Waals surface area contributed by atoms with Gasteiger partial charge in [0.2, 0.25) is 0 Å². The fourth-order valence-electron chi connectivity index (χ4n) is 2.58. The van der Waals surface area contributed by atoms with Crippen LogP contribution < -0.4 is 0 Å². The molecule has 0 amide bonds. The fourth-order valence-corrected chi connectivity index (χ4v) is 2.58. The highest BCUT2D eigenvalue weighted by molar-refractivity contribution is 5.91. The van der Waals surface area contributed by atoms with E-state index in [0.29, 0.717) is 12.2 Å². The number of hydrogen-bond acceptors (Lipinski definition) is 4. The van der Waals surface area contributed by atoms with Gasteiger partial charge in [0.1, 0.15) is 12.2 Å². The Kier molecular flexibility index (Phi) is 2.61. The van der Waals surface area contributed by atoms with Gasteiger partial charge in [0.15, 0.2) is 0 Å². The zero-order chi connectivity index (χ0) is 11.8. The Hall–Kier alpha value is -1.39. The number of carbonyl (C=O) groups is 1. The maximum Gasteiger partial charge on any atom is 0.336 e. The third-order valence-corrected chi connectivity index (χ3v) is 3.40. The quantitative estimate of drug-likeness (QED) is 0.638. The van der Waals surface area contributed by atoms with E-state index in [1.807, 2.05) is 12.2 Å². The van der Waals surface area contributed by atoms with E-state index < -0.39 is 0 Å². The number of fused-ring (bicyclic) bond motifs is 2. The first-order valence-electron chi connectivity index (χ1n) is 5.74. The van der Waals surface area contributed by atoms with Crippen LogP contribution in [0.3, 0.4) is 0 Å². The summed E-state index contributed by atoms with van der Waals surface area (Å²) in [5, 5.41) is 0. The Bertz CT molecular complexity index is 444. The van der Waals surface area contributed by atoms with E-state index in [-0.39, 0.29) is 18.2 Å². The van der Waals surface area contributed by atoms with Gasteiger partial charge >= 0.3 is 5.97 Å². The zero-order valence-electron chi connectivity index (χ0n) is 9.64. The molecule has 3 rings (SSSR count). The average Bonchev–Trinajstić information content (AvgIpc) is 2.85. The minimum atomic E-state index is -0.324. The van der Waals surface area contributed by atoms with Crippen LogP contribution in [0, 0.1) is 0 Å². The molecule has 2 atom stereocenters. The molecule has 0 bridgehead atoms. The number of hydrogen-bond donors (Lipinski definition) is 0. The van der Waals surface area contributed by atoms with Crippen LogP contribution >= 0.6 is 0 Å². The molecule has 0 aromatic heterocycles. The normalized spacial score (nSPS) is 30.8. The molecular weight excluding hydrogens is 220 g/mol.